The largest absolute Gasteiger partial charge is 0.496 e. The molecule has 0 aromatic heterocycles. The maximum absolute atomic E-state index is 9.21. The first-order valence-electron chi connectivity index (χ1n) is 6.85. The van der Waals surface area contributed by atoms with Crippen molar-refractivity contribution < 1.29 is 4.74 Å². The fourth-order valence-electron chi connectivity index (χ4n) is 2.88. The average Bonchev–Trinajstić information content (AvgIpc) is 2.91. The minimum Gasteiger partial charge on any atom is -0.496 e. The van der Waals surface area contributed by atoms with Crippen LogP contribution in [0.1, 0.15) is 29.2 Å². The van der Waals surface area contributed by atoms with Crippen LogP contribution in [0.5, 0.6) is 5.75 Å². The molecule has 0 saturated carbocycles. The van der Waals surface area contributed by atoms with Crippen LogP contribution in [0, 0.1) is 11.3 Å². The number of ether oxygens (including phenoxy) is 1. The minimum atomic E-state index is 0.181. The highest BCUT2D eigenvalue weighted by Crippen LogP contribution is 2.39. The number of rotatable bonds is 3. The van der Waals surface area contributed by atoms with Gasteiger partial charge >= 0.3 is 0 Å². The maximum atomic E-state index is 9.21. The Morgan fingerprint density at radius 1 is 1.33 bits per heavy atom. The predicted molar refractivity (Wildman–Crippen MR) is 83.8 cm³/mol. The molecule has 3 nitrogen and oxygen atoms in total. The summed E-state index contributed by atoms with van der Waals surface area (Å²) in [7, 11) is 1.70. The molecule has 0 spiro atoms. The summed E-state index contributed by atoms with van der Waals surface area (Å²) in [6, 6.07) is 13.8. The Morgan fingerprint density at radius 2 is 2.19 bits per heavy atom. The molecule has 106 valence electrons. The normalized spacial score (nSPS) is 16.1. The van der Waals surface area contributed by atoms with Gasteiger partial charge in [-0.2, -0.15) is 5.26 Å². The Morgan fingerprint density at radius 3 is 2.95 bits per heavy atom. The van der Waals surface area contributed by atoms with Gasteiger partial charge < -0.3 is 10.1 Å². The number of hydrogen-bond acceptors (Lipinski definition) is 3. The summed E-state index contributed by atoms with van der Waals surface area (Å²) in [5.41, 5.74) is 3.87. The van der Waals surface area contributed by atoms with Gasteiger partial charge in [-0.15, -0.1) is 0 Å². The summed E-state index contributed by atoms with van der Waals surface area (Å²) in [6.07, 6.45) is 1.95. The highest BCUT2D eigenvalue weighted by atomic mass is 35.5. The number of benzene rings is 2. The molecule has 0 aliphatic heterocycles. The first kappa shape index (κ1) is 13.8. The number of fused-ring (bicyclic) bond motifs is 1. The number of nitrogens with zero attached hydrogens (tertiary/aromatic N) is 1. The lowest BCUT2D eigenvalue weighted by Crippen LogP contribution is -2.08. The van der Waals surface area contributed by atoms with Crippen molar-refractivity contribution >= 4 is 17.3 Å². The second-order valence-corrected chi connectivity index (χ2v) is 5.50. The molecule has 1 atom stereocenters. The van der Waals surface area contributed by atoms with E-state index < -0.39 is 0 Å². The second-order valence-electron chi connectivity index (χ2n) is 5.07. The van der Waals surface area contributed by atoms with Gasteiger partial charge in [-0.1, -0.05) is 23.7 Å². The van der Waals surface area contributed by atoms with Gasteiger partial charge in [-0.25, -0.2) is 0 Å². The Bertz CT molecular complexity index is 721. The van der Waals surface area contributed by atoms with Crippen LogP contribution in [0.15, 0.2) is 36.4 Å². The zero-order chi connectivity index (χ0) is 14.8. The highest BCUT2D eigenvalue weighted by molar-refractivity contribution is 6.30. The van der Waals surface area contributed by atoms with Crippen LogP contribution >= 0.6 is 11.6 Å². The van der Waals surface area contributed by atoms with Gasteiger partial charge in [0.25, 0.3) is 0 Å². The first-order valence-corrected chi connectivity index (χ1v) is 7.22. The summed E-state index contributed by atoms with van der Waals surface area (Å²) in [6.45, 7) is 0. The van der Waals surface area contributed by atoms with Crippen LogP contribution in [-0.2, 0) is 6.42 Å². The van der Waals surface area contributed by atoms with Gasteiger partial charge in [-0.3, -0.25) is 0 Å². The molecule has 1 aliphatic carbocycles. The average molecular weight is 299 g/mol. The third-order valence-corrected chi connectivity index (χ3v) is 4.11. The number of anilines is 1. The summed E-state index contributed by atoms with van der Waals surface area (Å²) in [4.78, 5) is 0. The summed E-state index contributed by atoms with van der Waals surface area (Å²) in [5, 5.41) is 13.3. The SMILES string of the molecule is COc1cccc2c1CCC2Nc1cc(Cl)ccc1C#N. The third kappa shape index (κ3) is 2.55. The van der Waals surface area contributed by atoms with Crippen molar-refractivity contribution in [3.05, 3.63) is 58.1 Å². The number of nitriles is 1. The number of hydrogen-bond donors (Lipinski definition) is 1. The van der Waals surface area contributed by atoms with Crippen molar-refractivity contribution in [1.29, 1.82) is 5.26 Å². The lowest BCUT2D eigenvalue weighted by atomic mass is 10.1. The molecule has 0 fully saturated rings. The van der Waals surface area contributed by atoms with Crippen LogP contribution < -0.4 is 10.1 Å². The van der Waals surface area contributed by atoms with Gasteiger partial charge in [0, 0.05) is 5.02 Å². The summed E-state index contributed by atoms with van der Waals surface area (Å²) >= 11 is 6.04. The van der Waals surface area contributed by atoms with Crippen molar-refractivity contribution in [2.75, 3.05) is 12.4 Å². The van der Waals surface area contributed by atoms with Gasteiger partial charge in [0.15, 0.2) is 0 Å². The molecule has 0 saturated heterocycles. The van der Waals surface area contributed by atoms with Gasteiger partial charge in [0.2, 0.25) is 0 Å². The number of methoxy groups -OCH3 is 1. The van der Waals surface area contributed by atoms with Crippen molar-refractivity contribution in [3.8, 4) is 11.8 Å². The zero-order valence-corrected chi connectivity index (χ0v) is 12.4. The van der Waals surface area contributed by atoms with Crippen molar-refractivity contribution in [1.82, 2.24) is 0 Å². The molecule has 1 unspecified atom stereocenters. The quantitative estimate of drug-likeness (QED) is 0.918. The third-order valence-electron chi connectivity index (χ3n) is 3.88. The van der Waals surface area contributed by atoms with E-state index in [1.165, 1.54) is 11.1 Å². The van der Waals surface area contributed by atoms with Crippen LogP contribution in [0.4, 0.5) is 5.69 Å². The van der Waals surface area contributed by atoms with Crippen LogP contribution in [-0.4, -0.2) is 7.11 Å². The summed E-state index contributed by atoms with van der Waals surface area (Å²) in [5.74, 6) is 0.934. The van der Waals surface area contributed by atoms with Crippen LogP contribution in [0.25, 0.3) is 0 Å². The molecule has 1 aliphatic rings. The Kier molecular flexibility index (Phi) is 3.72. The molecule has 3 rings (SSSR count). The van der Waals surface area contributed by atoms with Crippen molar-refractivity contribution in [3.63, 3.8) is 0 Å². The number of nitrogens with one attached hydrogen (secondary N) is 1. The highest BCUT2D eigenvalue weighted by Gasteiger charge is 2.25. The molecule has 2 aromatic carbocycles. The van der Waals surface area contributed by atoms with E-state index in [0.29, 0.717) is 10.6 Å². The lowest BCUT2D eigenvalue weighted by molar-refractivity contribution is 0.410. The van der Waals surface area contributed by atoms with E-state index in [1.54, 1.807) is 25.3 Å². The van der Waals surface area contributed by atoms with Crippen LogP contribution in [0.2, 0.25) is 5.02 Å². The zero-order valence-electron chi connectivity index (χ0n) is 11.7. The number of halogens is 1. The Balaban J connectivity index is 1.93. The van der Waals surface area contributed by atoms with E-state index in [0.717, 1.165) is 24.3 Å². The van der Waals surface area contributed by atoms with E-state index in [4.69, 9.17) is 16.3 Å². The van der Waals surface area contributed by atoms with E-state index in [9.17, 15) is 5.26 Å². The monoisotopic (exact) mass is 298 g/mol. The van der Waals surface area contributed by atoms with Gasteiger partial charge in [0.05, 0.1) is 24.4 Å². The lowest BCUT2D eigenvalue weighted by Gasteiger charge is -2.17. The molecule has 2 aromatic rings. The van der Waals surface area contributed by atoms with Crippen LogP contribution in [0.3, 0.4) is 0 Å². The molecular formula is C17H15ClN2O. The Hall–Kier alpha value is -2.18. The van der Waals surface area contributed by atoms with Crippen molar-refractivity contribution in [2.45, 2.75) is 18.9 Å². The Labute approximate surface area is 129 Å². The maximum Gasteiger partial charge on any atom is 0.122 e. The molecule has 4 heteroatoms. The predicted octanol–water partition coefficient (Wildman–Crippen LogP) is 4.32. The van der Waals surface area contributed by atoms with E-state index in [1.807, 2.05) is 12.1 Å². The van der Waals surface area contributed by atoms with Crippen molar-refractivity contribution in [2.24, 2.45) is 0 Å². The van der Waals surface area contributed by atoms with E-state index >= 15 is 0 Å². The van der Waals surface area contributed by atoms with Gasteiger partial charge in [-0.05, 0) is 48.2 Å². The molecular weight excluding hydrogens is 284 g/mol. The standard InChI is InChI=1S/C17H15ClN2O/c1-21-17-4-2-3-13-14(17)7-8-15(13)20-16-9-12(18)6-5-11(16)10-19/h2-6,9,15,20H,7-8H2,1H3. The second kappa shape index (κ2) is 5.67. The molecule has 21 heavy (non-hydrogen) atoms. The van der Waals surface area contributed by atoms with E-state index in [-0.39, 0.29) is 6.04 Å². The molecule has 0 heterocycles. The fraction of sp³-hybridized carbons (Fsp3) is 0.235. The molecule has 0 radical (unpaired) electrons. The molecule has 0 bridgehead atoms. The molecule has 0 amide bonds. The first-order chi connectivity index (χ1) is 10.2. The topological polar surface area (TPSA) is 45.0 Å². The smallest absolute Gasteiger partial charge is 0.122 e. The van der Waals surface area contributed by atoms with Gasteiger partial charge in [0.1, 0.15) is 11.8 Å². The molecule has 1 N–H and O–H groups in total. The fourth-order valence-corrected chi connectivity index (χ4v) is 3.06. The van der Waals surface area contributed by atoms with E-state index in [2.05, 4.69) is 17.5 Å². The summed E-state index contributed by atoms with van der Waals surface area (Å²) < 4.78 is 5.42. The minimum absolute atomic E-state index is 0.181.